The summed E-state index contributed by atoms with van der Waals surface area (Å²) < 4.78 is 12.4. The van der Waals surface area contributed by atoms with Crippen LogP contribution in [0.4, 0.5) is 0 Å². The average molecular weight is 294 g/mol. The quantitative estimate of drug-likeness (QED) is 0.721. The second-order valence-corrected chi connectivity index (χ2v) is 5.01. The Kier molecular flexibility index (Phi) is 4.10. The van der Waals surface area contributed by atoms with Crippen molar-refractivity contribution in [1.29, 1.82) is 0 Å². The third-order valence-corrected chi connectivity index (χ3v) is 3.54. The number of hydrogen-bond acceptors (Lipinski definition) is 3. The average Bonchev–Trinajstić information content (AvgIpc) is 3.04. The molecule has 0 amide bonds. The monoisotopic (exact) mass is 294 g/mol. The zero-order valence-corrected chi connectivity index (χ0v) is 12.7. The molecule has 112 valence electrons. The molecule has 1 aromatic heterocycles. The number of nitrogens with zero attached hydrogens (tertiary/aromatic N) is 2. The first kappa shape index (κ1) is 14.2. The minimum absolute atomic E-state index is 0.785. The lowest BCUT2D eigenvalue weighted by atomic mass is 10.1. The van der Waals surface area contributed by atoms with E-state index >= 15 is 0 Å². The van der Waals surface area contributed by atoms with Crippen LogP contribution >= 0.6 is 0 Å². The summed E-state index contributed by atoms with van der Waals surface area (Å²) in [6.07, 6.45) is 3.90. The molecular weight excluding hydrogens is 276 g/mol. The van der Waals surface area contributed by atoms with Crippen molar-refractivity contribution in [3.8, 4) is 22.8 Å². The van der Waals surface area contributed by atoms with Crippen molar-refractivity contribution in [3.05, 3.63) is 66.6 Å². The fourth-order valence-corrected chi connectivity index (χ4v) is 2.30. The number of aromatic nitrogens is 2. The maximum Gasteiger partial charge on any atom is 0.118 e. The highest BCUT2D eigenvalue weighted by Gasteiger charge is 2.03. The number of benzene rings is 2. The van der Waals surface area contributed by atoms with Gasteiger partial charge in [0.05, 0.1) is 26.2 Å². The Hall–Kier alpha value is -2.75. The summed E-state index contributed by atoms with van der Waals surface area (Å²) in [7, 11) is 3.34. The minimum Gasteiger partial charge on any atom is -0.497 e. The molecule has 0 radical (unpaired) electrons. The van der Waals surface area contributed by atoms with E-state index in [0.717, 1.165) is 29.3 Å². The Labute approximate surface area is 130 Å². The van der Waals surface area contributed by atoms with E-state index in [1.54, 1.807) is 14.2 Å². The Bertz CT molecular complexity index is 731. The van der Waals surface area contributed by atoms with Crippen molar-refractivity contribution < 1.29 is 9.47 Å². The van der Waals surface area contributed by atoms with Crippen molar-refractivity contribution in [2.75, 3.05) is 14.2 Å². The van der Waals surface area contributed by atoms with E-state index in [0.29, 0.717) is 0 Å². The van der Waals surface area contributed by atoms with Crippen LogP contribution < -0.4 is 9.47 Å². The number of ether oxygens (including phenoxy) is 2. The maximum atomic E-state index is 5.17. The van der Waals surface area contributed by atoms with E-state index in [1.165, 1.54) is 5.56 Å². The number of imidazole rings is 1. The van der Waals surface area contributed by atoms with Gasteiger partial charge in [0.1, 0.15) is 11.5 Å². The summed E-state index contributed by atoms with van der Waals surface area (Å²) in [5, 5.41) is 0. The van der Waals surface area contributed by atoms with Crippen LogP contribution in [0.15, 0.2) is 61.1 Å². The molecule has 0 unspecified atom stereocenters. The first-order valence-electron chi connectivity index (χ1n) is 7.07. The molecule has 0 aliphatic rings. The standard InChI is InChI=1S/C18H18N2O2/c1-21-16-7-3-14(4-8-16)11-20-12-18(19-13-20)15-5-9-17(22-2)10-6-15/h3-10,12-13H,11H2,1-2H3. The van der Waals surface area contributed by atoms with Gasteiger partial charge in [0.25, 0.3) is 0 Å². The molecule has 3 aromatic rings. The van der Waals surface area contributed by atoms with E-state index in [9.17, 15) is 0 Å². The second-order valence-electron chi connectivity index (χ2n) is 5.01. The lowest BCUT2D eigenvalue weighted by Crippen LogP contribution is -1.96. The van der Waals surface area contributed by atoms with Gasteiger partial charge in [-0.2, -0.15) is 0 Å². The molecule has 2 aromatic carbocycles. The van der Waals surface area contributed by atoms with Crippen LogP contribution in [0.3, 0.4) is 0 Å². The normalized spacial score (nSPS) is 10.5. The molecule has 22 heavy (non-hydrogen) atoms. The van der Waals surface area contributed by atoms with Gasteiger partial charge in [-0.3, -0.25) is 0 Å². The fourth-order valence-electron chi connectivity index (χ4n) is 2.30. The first-order chi connectivity index (χ1) is 10.8. The SMILES string of the molecule is COc1ccc(Cn2cnc(-c3ccc(OC)cc3)c2)cc1. The van der Waals surface area contributed by atoms with Crippen molar-refractivity contribution in [3.63, 3.8) is 0 Å². The van der Waals surface area contributed by atoms with Crippen LogP contribution in [-0.2, 0) is 6.54 Å². The molecule has 4 nitrogen and oxygen atoms in total. The number of methoxy groups -OCH3 is 2. The molecule has 0 aliphatic heterocycles. The zero-order valence-electron chi connectivity index (χ0n) is 12.7. The second kappa shape index (κ2) is 6.35. The van der Waals surface area contributed by atoms with Crippen molar-refractivity contribution >= 4 is 0 Å². The van der Waals surface area contributed by atoms with Gasteiger partial charge in [0, 0.05) is 18.3 Å². The summed E-state index contributed by atoms with van der Waals surface area (Å²) in [5.74, 6) is 1.72. The molecule has 0 saturated carbocycles. The summed E-state index contributed by atoms with van der Waals surface area (Å²) in [6, 6.07) is 16.0. The maximum absolute atomic E-state index is 5.17. The van der Waals surface area contributed by atoms with Crippen LogP contribution in [0.5, 0.6) is 11.5 Å². The van der Waals surface area contributed by atoms with Gasteiger partial charge in [0.2, 0.25) is 0 Å². The molecule has 0 saturated heterocycles. The summed E-state index contributed by atoms with van der Waals surface area (Å²) in [5.41, 5.74) is 3.24. The highest BCUT2D eigenvalue weighted by Crippen LogP contribution is 2.21. The molecule has 1 heterocycles. The lowest BCUT2D eigenvalue weighted by Gasteiger charge is -2.04. The molecule has 0 atom stereocenters. The first-order valence-corrected chi connectivity index (χ1v) is 7.07. The predicted molar refractivity (Wildman–Crippen MR) is 86.3 cm³/mol. The fraction of sp³-hybridized carbons (Fsp3) is 0.167. The van der Waals surface area contributed by atoms with Gasteiger partial charge in [-0.1, -0.05) is 12.1 Å². The Balaban J connectivity index is 1.74. The van der Waals surface area contributed by atoms with Gasteiger partial charge in [0.15, 0.2) is 0 Å². The van der Waals surface area contributed by atoms with E-state index in [4.69, 9.17) is 9.47 Å². The number of hydrogen-bond donors (Lipinski definition) is 0. The van der Waals surface area contributed by atoms with Gasteiger partial charge in [-0.25, -0.2) is 4.98 Å². The van der Waals surface area contributed by atoms with Crippen molar-refractivity contribution in [1.82, 2.24) is 9.55 Å². The van der Waals surface area contributed by atoms with Gasteiger partial charge in [-0.15, -0.1) is 0 Å². The van der Waals surface area contributed by atoms with Crippen LogP contribution in [0.25, 0.3) is 11.3 Å². The molecule has 0 N–H and O–H groups in total. The molecule has 0 fully saturated rings. The van der Waals surface area contributed by atoms with Gasteiger partial charge < -0.3 is 14.0 Å². The smallest absolute Gasteiger partial charge is 0.118 e. The predicted octanol–water partition coefficient (Wildman–Crippen LogP) is 3.62. The van der Waals surface area contributed by atoms with Gasteiger partial charge in [-0.05, 0) is 42.0 Å². The van der Waals surface area contributed by atoms with Crippen LogP contribution in [0.2, 0.25) is 0 Å². The van der Waals surface area contributed by atoms with Crippen molar-refractivity contribution in [2.24, 2.45) is 0 Å². The third kappa shape index (κ3) is 3.11. The minimum atomic E-state index is 0.785. The highest BCUT2D eigenvalue weighted by molar-refractivity contribution is 5.59. The third-order valence-electron chi connectivity index (χ3n) is 3.54. The topological polar surface area (TPSA) is 36.3 Å². The molecule has 4 heteroatoms. The summed E-state index contributed by atoms with van der Waals surface area (Å²) >= 11 is 0. The molecular formula is C18H18N2O2. The molecule has 0 aliphatic carbocycles. The van der Waals surface area contributed by atoms with Crippen LogP contribution in [-0.4, -0.2) is 23.8 Å². The molecule has 0 spiro atoms. The Morgan fingerprint density at radius 1 is 0.864 bits per heavy atom. The largest absolute Gasteiger partial charge is 0.497 e. The van der Waals surface area contributed by atoms with E-state index in [-0.39, 0.29) is 0 Å². The van der Waals surface area contributed by atoms with Crippen LogP contribution in [0.1, 0.15) is 5.56 Å². The van der Waals surface area contributed by atoms with E-state index in [1.807, 2.05) is 48.9 Å². The zero-order chi connectivity index (χ0) is 15.4. The van der Waals surface area contributed by atoms with Gasteiger partial charge >= 0.3 is 0 Å². The summed E-state index contributed by atoms with van der Waals surface area (Å²) in [4.78, 5) is 4.47. The molecule has 0 bridgehead atoms. The van der Waals surface area contributed by atoms with Crippen molar-refractivity contribution in [2.45, 2.75) is 6.54 Å². The highest BCUT2D eigenvalue weighted by atomic mass is 16.5. The van der Waals surface area contributed by atoms with E-state index < -0.39 is 0 Å². The lowest BCUT2D eigenvalue weighted by molar-refractivity contribution is 0.414. The van der Waals surface area contributed by atoms with Crippen LogP contribution in [0, 0.1) is 0 Å². The number of rotatable bonds is 5. The van der Waals surface area contributed by atoms with E-state index in [2.05, 4.69) is 21.7 Å². The Morgan fingerprint density at radius 3 is 2.05 bits per heavy atom. The molecule has 3 rings (SSSR count). The summed E-state index contributed by atoms with van der Waals surface area (Å²) in [6.45, 7) is 0.785. The Morgan fingerprint density at radius 2 is 1.45 bits per heavy atom.